The second kappa shape index (κ2) is 9.32. The van der Waals surface area contributed by atoms with Crippen molar-refractivity contribution in [3.63, 3.8) is 0 Å². The molecule has 0 aromatic heterocycles. The molecule has 0 bridgehead atoms. The molecule has 1 N–H and O–H groups in total. The standard InChI is InChI=1S/C19H25AsO8/c1-18(2,3)27-16(23)25-13-8-7-11(9-12(20)15(21)22)10-14(13)26-17(24)28-19(4,5)6/h7-8,10,12H,9H2,1-6H3,(H,21,22)/t12-/m0/s1. The first kappa shape index (κ1) is 23.8. The van der Waals surface area contributed by atoms with Gasteiger partial charge in [-0.05, 0) is 0 Å². The predicted molar refractivity (Wildman–Crippen MR) is 101 cm³/mol. The van der Waals surface area contributed by atoms with Gasteiger partial charge >= 0.3 is 173 Å². The number of hydrogen-bond donors (Lipinski definition) is 1. The van der Waals surface area contributed by atoms with E-state index in [1.807, 2.05) is 0 Å². The van der Waals surface area contributed by atoms with Crippen LogP contribution in [0.3, 0.4) is 0 Å². The van der Waals surface area contributed by atoms with E-state index >= 15 is 0 Å². The second-order valence-corrected chi connectivity index (χ2v) is 9.28. The van der Waals surface area contributed by atoms with Crippen molar-refractivity contribution in [1.82, 2.24) is 0 Å². The molecule has 0 unspecified atom stereocenters. The molecule has 1 atom stereocenters. The van der Waals surface area contributed by atoms with Crippen molar-refractivity contribution in [3.05, 3.63) is 23.8 Å². The van der Waals surface area contributed by atoms with E-state index in [-0.39, 0.29) is 17.9 Å². The molecule has 0 spiro atoms. The van der Waals surface area contributed by atoms with Crippen LogP contribution in [0.4, 0.5) is 9.59 Å². The number of aliphatic carboxylic acids is 1. The normalized spacial score (nSPS) is 12.7. The Morgan fingerprint density at radius 3 is 1.82 bits per heavy atom. The number of carboxylic acids is 1. The van der Waals surface area contributed by atoms with Crippen LogP contribution >= 0.6 is 0 Å². The number of benzene rings is 1. The summed E-state index contributed by atoms with van der Waals surface area (Å²) in [4.78, 5) is 35.0. The molecule has 28 heavy (non-hydrogen) atoms. The van der Waals surface area contributed by atoms with Gasteiger partial charge in [-0.15, -0.1) is 0 Å². The minimum atomic E-state index is -0.985. The van der Waals surface area contributed by atoms with Gasteiger partial charge in [0.15, 0.2) is 0 Å². The zero-order valence-corrected chi connectivity index (χ0v) is 18.6. The summed E-state index contributed by atoms with van der Waals surface area (Å²) in [7, 11) is 0. The third kappa shape index (κ3) is 9.13. The van der Waals surface area contributed by atoms with Gasteiger partial charge in [0.2, 0.25) is 0 Å². The first-order chi connectivity index (χ1) is 12.7. The summed E-state index contributed by atoms with van der Waals surface area (Å²) in [5.41, 5.74) is -0.975. The minimum absolute atomic E-state index is 0.0543. The number of ether oxygens (including phenoxy) is 4. The van der Waals surface area contributed by atoms with E-state index in [0.717, 1.165) is 0 Å². The van der Waals surface area contributed by atoms with Crippen molar-refractivity contribution >= 4 is 35.1 Å². The summed E-state index contributed by atoms with van der Waals surface area (Å²) >= 11 is 2.05. The fourth-order valence-corrected chi connectivity index (χ4v) is 2.32. The Bertz CT molecular complexity index is 730. The predicted octanol–water partition coefficient (Wildman–Crippen LogP) is 3.90. The summed E-state index contributed by atoms with van der Waals surface area (Å²) in [5, 5.41) is 9.06. The third-order valence-electron chi connectivity index (χ3n) is 2.89. The van der Waals surface area contributed by atoms with Crippen molar-refractivity contribution in [2.45, 2.75) is 63.9 Å². The first-order valence-corrected chi connectivity index (χ1v) is 9.60. The Balaban J connectivity index is 3.10. The van der Waals surface area contributed by atoms with E-state index in [2.05, 4.69) is 16.9 Å². The van der Waals surface area contributed by atoms with Crippen LogP contribution in [0, 0.1) is 0 Å². The SMILES string of the molecule is CC(C)(C)OC(=O)Oc1ccc(C[C@H]([As])C(=O)O)cc1OC(=O)OC(C)(C)C. The molecule has 2 radical (unpaired) electrons. The van der Waals surface area contributed by atoms with Crippen LogP contribution in [0.25, 0.3) is 0 Å². The molecule has 1 rings (SSSR count). The van der Waals surface area contributed by atoms with Gasteiger partial charge in [0.25, 0.3) is 0 Å². The number of rotatable bonds is 5. The molecule has 1 aromatic carbocycles. The van der Waals surface area contributed by atoms with Crippen LogP contribution in [-0.4, -0.2) is 51.4 Å². The summed E-state index contributed by atoms with van der Waals surface area (Å²) in [6, 6.07) is 4.40. The number of carboxylic acid groups (broad SMARTS) is 1. The van der Waals surface area contributed by atoms with Gasteiger partial charge in [-0.25, -0.2) is 0 Å². The summed E-state index contributed by atoms with van der Waals surface area (Å²) in [5.74, 6) is -1.12. The zero-order chi connectivity index (χ0) is 21.7. The average molecular weight is 456 g/mol. The fourth-order valence-electron chi connectivity index (χ4n) is 1.88. The Labute approximate surface area is 173 Å². The van der Waals surface area contributed by atoms with E-state index in [1.165, 1.54) is 12.1 Å². The topological polar surface area (TPSA) is 108 Å². The van der Waals surface area contributed by atoms with Crippen LogP contribution in [0.5, 0.6) is 11.5 Å². The molecule has 8 nitrogen and oxygen atoms in total. The maximum absolute atomic E-state index is 12.0. The van der Waals surface area contributed by atoms with Crippen molar-refractivity contribution in [1.29, 1.82) is 0 Å². The van der Waals surface area contributed by atoms with E-state index in [1.54, 1.807) is 47.6 Å². The van der Waals surface area contributed by atoms with Crippen LogP contribution in [0.1, 0.15) is 47.1 Å². The molecule has 1 aromatic rings. The third-order valence-corrected chi connectivity index (χ3v) is 3.73. The Hall–Kier alpha value is -2.21. The number of carbonyl (C=O) groups is 3. The molecule has 0 saturated carbocycles. The van der Waals surface area contributed by atoms with Gasteiger partial charge in [-0.3, -0.25) is 0 Å². The number of carbonyl (C=O) groups excluding carboxylic acids is 2. The van der Waals surface area contributed by atoms with Crippen molar-refractivity contribution < 1.29 is 38.4 Å². The van der Waals surface area contributed by atoms with Crippen molar-refractivity contribution in [3.8, 4) is 11.5 Å². The average Bonchev–Trinajstić information content (AvgIpc) is 2.45. The molecule has 0 amide bonds. The molecule has 0 heterocycles. The van der Waals surface area contributed by atoms with Gasteiger partial charge < -0.3 is 0 Å². The van der Waals surface area contributed by atoms with Gasteiger partial charge in [0.1, 0.15) is 0 Å². The van der Waals surface area contributed by atoms with Crippen molar-refractivity contribution in [2.75, 3.05) is 0 Å². The van der Waals surface area contributed by atoms with Gasteiger partial charge in [-0.2, -0.15) is 0 Å². The molecule has 0 aliphatic rings. The number of hydrogen-bond acceptors (Lipinski definition) is 7. The fraction of sp³-hybridized carbons (Fsp3) is 0.526. The van der Waals surface area contributed by atoms with Crippen LogP contribution < -0.4 is 9.47 Å². The molecule has 0 fully saturated rings. The molecule has 0 aliphatic carbocycles. The van der Waals surface area contributed by atoms with Crippen LogP contribution in [-0.2, 0) is 20.7 Å². The summed E-state index contributed by atoms with van der Waals surface area (Å²) < 4.78 is 19.8. The molecule has 9 heteroatoms. The van der Waals surface area contributed by atoms with Crippen LogP contribution in [0.2, 0.25) is 4.71 Å². The molecule has 0 aliphatic heterocycles. The second-order valence-electron chi connectivity index (χ2n) is 7.97. The monoisotopic (exact) mass is 456 g/mol. The summed E-state index contributed by atoms with van der Waals surface area (Å²) in [6.45, 7) is 10.1. The van der Waals surface area contributed by atoms with E-state index in [0.29, 0.717) is 5.56 Å². The van der Waals surface area contributed by atoms with E-state index in [4.69, 9.17) is 24.1 Å². The quantitative estimate of drug-likeness (QED) is 0.404. The zero-order valence-electron chi connectivity index (χ0n) is 16.8. The Morgan fingerprint density at radius 2 is 1.39 bits per heavy atom. The van der Waals surface area contributed by atoms with Gasteiger partial charge in [0.05, 0.1) is 0 Å². The van der Waals surface area contributed by atoms with Gasteiger partial charge in [-0.1, -0.05) is 0 Å². The van der Waals surface area contributed by atoms with Crippen molar-refractivity contribution in [2.24, 2.45) is 0 Å². The van der Waals surface area contributed by atoms with E-state index in [9.17, 15) is 14.4 Å². The van der Waals surface area contributed by atoms with Gasteiger partial charge in [0, 0.05) is 0 Å². The van der Waals surface area contributed by atoms with E-state index < -0.39 is 34.2 Å². The maximum atomic E-state index is 12.0. The van der Waals surface area contributed by atoms with Crippen LogP contribution in [0.15, 0.2) is 18.2 Å². The summed E-state index contributed by atoms with van der Waals surface area (Å²) in [6.07, 6.45) is -1.78. The first-order valence-electron chi connectivity index (χ1n) is 8.52. The molecule has 154 valence electrons. The Kier molecular flexibility index (Phi) is 7.93. The molecular weight excluding hydrogens is 431 g/mol. The Morgan fingerprint density at radius 1 is 0.929 bits per heavy atom. The molecule has 0 saturated heterocycles. The molecular formula is C19H25AsO8.